The van der Waals surface area contributed by atoms with Gasteiger partial charge in [-0.25, -0.2) is 8.42 Å². The fraction of sp³-hybridized carbons (Fsp3) is 0.429. The molecular formula is C14H21N3O3S2. The Kier molecular flexibility index (Phi) is 6.76. The molecule has 122 valence electrons. The summed E-state index contributed by atoms with van der Waals surface area (Å²) >= 11 is 5.03. The lowest BCUT2D eigenvalue weighted by atomic mass is 10.1. The number of carbonyl (C=O) groups excluding carboxylic acids is 1. The molecule has 0 saturated carbocycles. The summed E-state index contributed by atoms with van der Waals surface area (Å²) in [7, 11) is -3.27. The van der Waals surface area contributed by atoms with Gasteiger partial charge in [0, 0.05) is 18.4 Å². The number of amides is 1. The fourth-order valence-corrected chi connectivity index (χ4v) is 2.34. The zero-order valence-electron chi connectivity index (χ0n) is 12.8. The molecule has 1 aromatic rings. The van der Waals surface area contributed by atoms with Crippen molar-refractivity contribution in [1.82, 2.24) is 16.2 Å². The minimum absolute atomic E-state index is 0.169. The van der Waals surface area contributed by atoms with Crippen LogP contribution in [0.1, 0.15) is 30.6 Å². The van der Waals surface area contributed by atoms with Crippen LogP contribution < -0.4 is 16.2 Å². The molecule has 0 spiro atoms. The van der Waals surface area contributed by atoms with Gasteiger partial charge < -0.3 is 5.32 Å². The van der Waals surface area contributed by atoms with E-state index in [1.165, 1.54) is 24.3 Å². The van der Waals surface area contributed by atoms with Gasteiger partial charge in [-0.3, -0.25) is 15.6 Å². The molecule has 1 rings (SSSR count). The quantitative estimate of drug-likeness (QED) is 0.551. The van der Waals surface area contributed by atoms with Crippen LogP contribution in [0.25, 0.3) is 0 Å². The summed E-state index contributed by atoms with van der Waals surface area (Å²) in [5.41, 5.74) is 5.39. The minimum Gasteiger partial charge on any atom is -0.361 e. The van der Waals surface area contributed by atoms with E-state index >= 15 is 0 Å². The van der Waals surface area contributed by atoms with E-state index in [1.807, 2.05) is 0 Å². The summed E-state index contributed by atoms with van der Waals surface area (Å²) in [6, 6.07) is 5.68. The van der Waals surface area contributed by atoms with Crippen LogP contribution in [0.5, 0.6) is 0 Å². The number of rotatable bonds is 5. The Bertz CT molecular complexity index is 625. The van der Waals surface area contributed by atoms with E-state index in [4.69, 9.17) is 12.2 Å². The molecule has 0 bridgehead atoms. The van der Waals surface area contributed by atoms with Gasteiger partial charge >= 0.3 is 0 Å². The van der Waals surface area contributed by atoms with Crippen molar-refractivity contribution in [3.05, 3.63) is 29.8 Å². The molecule has 0 radical (unpaired) electrons. The maximum Gasteiger partial charge on any atom is 0.269 e. The van der Waals surface area contributed by atoms with Crippen LogP contribution >= 0.6 is 12.2 Å². The lowest BCUT2D eigenvalue weighted by Crippen LogP contribution is -2.47. The van der Waals surface area contributed by atoms with Crippen molar-refractivity contribution < 1.29 is 13.2 Å². The second-order valence-corrected chi connectivity index (χ2v) is 7.74. The van der Waals surface area contributed by atoms with Gasteiger partial charge in [-0.2, -0.15) is 0 Å². The predicted molar refractivity (Wildman–Crippen MR) is 90.2 cm³/mol. The molecule has 1 aromatic carbocycles. The molecule has 8 heteroatoms. The van der Waals surface area contributed by atoms with Gasteiger partial charge in [0.05, 0.1) is 4.90 Å². The Morgan fingerprint density at radius 2 is 1.77 bits per heavy atom. The van der Waals surface area contributed by atoms with E-state index < -0.39 is 15.7 Å². The normalized spacial score (nSPS) is 11.1. The van der Waals surface area contributed by atoms with Crippen LogP contribution in [0.4, 0.5) is 0 Å². The first-order chi connectivity index (χ1) is 10.2. The molecule has 0 aliphatic heterocycles. The van der Waals surface area contributed by atoms with E-state index in [0.717, 1.165) is 19.2 Å². The Morgan fingerprint density at radius 1 is 1.18 bits per heavy atom. The van der Waals surface area contributed by atoms with Gasteiger partial charge in [0.2, 0.25) is 0 Å². The van der Waals surface area contributed by atoms with Crippen molar-refractivity contribution in [1.29, 1.82) is 0 Å². The van der Waals surface area contributed by atoms with Gasteiger partial charge in [-0.15, -0.1) is 0 Å². The van der Waals surface area contributed by atoms with Crippen molar-refractivity contribution in [2.24, 2.45) is 5.92 Å². The number of nitrogens with one attached hydrogen (secondary N) is 3. The molecule has 3 N–H and O–H groups in total. The number of sulfone groups is 1. The highest BCUT2D eigenvalue weighted by Gasteiger charge is 2.10. The maximum absolute atomic E-state index is 11.9. The summed E-state index contributed by atoms with van der Waals surface area (Å²) in [4.78, 5) is 12.1. The molecular weight excluding hydrogens is 322 g/mol. The van der Waals surface area contributed by atoms with E-state index in [9.17, 15) is 13.2 Å². The zero-order chi connectivity index (χ0) is 16.8. The Hall–Kier alpha value is -1.67. The Balaban J connectivity index is 2.47. The van der Waals surface area contributed by atoms with E-state index in [2.05, 4.69) is 30.0 Å². The molecule has 6 nitrogen and oxygen atoms in total. The highest BCUT2D eigenvalue weighted by atomic mass is 32.2. The van der Waals surface area contributed by atoms with Crippen molar-refractivity contribution >= 4 is 33.1 Å². The summed E-state index contributed by atoms with van der Waals surface area (Å²) in [5, 5.41) is 3.31. The summed E-state index contributed by atoms with van der Waals surface area (Å²) in [6.07, 6.45) is 2.09. The first-order valence-corrected chi connectivity index (χ1v) is 9.14. The summed E-state index contributed by atoms with van der Waals surface area (Å²) in [6.45, 7) is 4.95. The number of thiocarbonyl (C=S) groups is 1. The van der Waals surface area contributed by atoms with Crippen molar-refractivity contribution in [3.63, 3.8) is 0 Å². The molecule has 0 atom stereocenters. The Morgan fingerprint density at radius 3 is 2.27 bits per heavy atom. The van der Waals surface area contributed by atoms with Crippen LogP contribution in [0.15, 0.2) is 29.2 Å². The number of benzene rings is 1. The van der Waals surface area contributed by atoms with Crippen LogP contribution in [0.2, 0.25) is 0 Å². The largest absolute Gasteiger partial charge is 0.361 e. The number of hydrazine groups is 1. The summed E-state index contributed by atoms with van der Waals surface area (Å²) in [5.74, 6) is 0.173. The third-order valence-corrected chi connectivity index (χ3v) is 4.22. The minimum atomic E-state index is -3.27. The molecule has 0 unspecified atom stereocenters. The molecule has 0 fully saturated rings. The molecule has 0 aliphatic carbocycles. The first-order valence-electron chi connectivity index (χ1n) is 6.84. The fourth-order valence-electron chi connectivity index (χ4n) is 1.56. The number of carbonyl (C=O) groups is 1. The number of hydrogen-bond acceptors (Lipinski definition) is 4. The summed E-state index contributed by atoms with van der Waals surface area (Å²) < 4.78 is 22.7. The molecule has 22 heavy (non-hydrogen) atoms. The SMILES string of the molecule is CC(C)CCNC(=S)NNC(=O)c1ccc(S(C)(=O)=O)cc1. The van der Waals surface area contributed by atoms with Crippen LogP contribution in [0, 0.1) is 5.92 Å². The van der Waals surface area contributed by atoms with Crippen LogP contribution in [-0.2, 0) is 9.84 Å². The zero-order valence-corrected chi connectivity index (χ0v) is 14.5. The van der Waals surface area contributed by atoms with Gasteiger partial charge in [-0.05, 0) is 48.8 Å². The number of hydrogen-bond donors (Lipinski definition) is 3. The predicted octanol–water partition coefficient (Wildman–Crippen LogP) is 1.25. The van der Waals surface area contributed by atoms with Gasteiger partial charge in [0.1, 0.15) is 0 Å². The molecule has 0 saturated heterocycles. The van der Waals surface area contributed by atoms with E-state index in [0.29, 0.717) is 16.6 Å². The standard InChI is InChI=1S/C14H21N3O3S2/c1-10(2)8-9-15-14(21)17-16-13(18)11-4-6-12(7-5-11)22(3,19)20/h4-7,10H,8-9H2,1-3H3,(H,16,18)(H2,15,17,21). The lowest BCUT2D eigenvalue weighted by Gasteiger charge is -2.12. The van der Waals surface area contributed by atoms with Crippen LogP contribution in [0.3, 0.4) is 0 Å². The third kappa shape index (κ3) is 6.40. The monoisotopic (exact) mass is 343 g/mol. The van der Waals surface area contributed by atoms with E-state index in [-0.39, 0.29) is 4.90 Å². The average molecular weight is 343 g/mol. The maximum atomic E-state index is 11.9. The molecule has 0 aromatic heterocycles. The molecule has 0 aliphatic rings. The third-order valence-electron chi connectivity index (χ3n) is 2.84. The van der Waals surface area contributed by atoms with E-state index in [1.54, 1.807) is 0 Å². The van der Waals surface area contributed by atoms with Gasteiger partial charge in [-0.1, -0.05) is 13.8 Å². The van der Waals surface area contributed by atoms with Crippen molar-refractivity contribution in [2.45, 2.75) is 25.2 Å². The van der Waals surface area contributed by atoms with Crippen molar-refractivity contribution in [2.75, 3.05) is 12.8 Å². The topological polar surface area (TPSA) is 87.3 Å². The van der Waals surface area contributed by atoms with Gasteiger partial charge in [0.25, 0.3) is 5.91 Å². The van der Waals surface area contributed by atoms with Crippen molar-refractivity contribution in [3.8, 4) is 0 Å². The molecule has 0 heterocycles. The van der Waals surface area contributed by atoms with Crippen LogP contribution in [-0.4, -0.2) is 32.2 Å². The Labute approximate surface area is 136 Å². The smallest absolute Gasteiger partial charge is 0.269 e. The average Bonchev–Trinajstić information content (AvgIpc) is 2.43. The highest BCUT2D eigenvalue weighted by Crippen LogP contribution is 2.09. The highest BCUT2D eigenvalue weighted by molar-refractivity contribution is 7.90. The second kappa shape index (κ2) is 8.09. The first kappa shape index (κ1) is 18.4. The molecule has 1 amide bonds. The van der Waals surface area contributed by atoms with Gasteiger partial charge in [0.15, 0.2) is 14.9 Å². The second-order valence-electron chi connectivity index (χ2n) is 5.31. The lowest BCUT2D eigenvalue weighted by molar-refractivity contribution is 0.0943.